The summed E-state index contributed by atoms with van der Waals surface area (Å²) in [5, 5.41) is 3.16. The van der Waals surface area contributed by atoms with E-state index in [2.05, 4.69) is 5.32 Å². The Labute approximate surface area is 119 Å². The summed E-state index contributed by atoms with van der Waals surface area (Å²) >= 11 is 0. The van der Waals surface area contributed by atoms with Crippen molar-refractivity contribution in [2.45, 2.75) is 4.90 Å². The van der Waals surface area contributed by atoms with Crippen LogP contribution in [0.15, 0.2) is 53.4 Å². The molecule has 0 aliphatic carbocycles. The Kier molecular flexibility index (Phi) is 3.96. The average molecular weight is 291 g/mol. The van der Waals surface area contributed by atoms with Crippen LogP contribution >= 0.6 is 0 Å². The highest BCUT2D eigenvalue weighted by Crippen LogP contribution is 2.21. The van der Waals surface area contributed by atoms with Gasteiger partial charge in [-0.1, -0.05) is 6.07 Å². The zero-order chi connectivity index (χ0) is 14.8. The fourth-order valence-electron chi connectivity index (χ4n) is 1.70. The van der Waals surface area contributed by atoms with Crippen LogP contribution in [0.1, 0.15) is 0 Å². The Bertz CT molecular complexity index is 695. The number of benzene rings is 2. The highest BCUT2D eigenvalue weighted by atomic mass is 32.2. The molecule has 0 aliphatic rings. The summed E-state index contributed by atoms with van der Waals surface area (Å²) < 4.78 is 25.1. The van der Waals surface area contributed by atoms with Crippen LogP contribution in [0, 0.1) is 0 Å². The summed E-state index contributed by atoms with van der Waals surface area (Å²) in [6.45, 7) is 0. The summed E-state index contributed by atoms with van der Waals surface area (Å²) in [4.78, 5) is 0.264. The molecule has 0 spiro atoms. The molecular formula is C14H17N3O2S. The number of nitrogens with two attached hydrogens (primary N) is 1. The fraction of sp³-hybridized carbons (Fsp3) is 0.143. The molecule has 0 radical (unpaired) electrons. The lowest BCUT2D eigenvalue weighted by Gasteiger charge is -2.12. The number of hydrogen-bond donors (Lipinski definition) is 2. The Balaban J connectivity index is 2.21. The topological polar surface area (TPSA) is 75.4 Å². The minimum atomic E-state index is -3.39. The van der Waals surface area contributed by atoms with E-state index >= 15 is 0 Å². The van der Waals surface area contributed by atoms with E-state index in [-0.39, 0.29) is 4.90 Å². The largest absolute Gasteiger partial charge is 0.399 e. The first-order chi connectivity index (χ1) is 9.39. The van der Waals surface area contributed by atoms with Crippen molar-refractivity contribution in [2.24, 2.45) is 0 Å². The standard InChI is InChI=1S/C14H17N3O2S/c1-17(2)20(18,19)14-8-6-12(7-9-14)16-13-5-3-4-11(15)10-13/h3-10,16H,15H2,1-2H3. The molecule has 0 aromatic heterocycles. The van der Waals surface area contributed by atoms with Crippen LogP contribution in [0.2, 0.25) is 0 Å². The van der Waals surface area contributed by atoms with Crippen molar-refractivity contribution in [1.82, 2.24) is 4.31 Å². The summed E-state index contributed by atoms with van der Waals surface area (Å²) in [5.41, 5.74) is 8.02. The van der Waals surface area contributed by atoms with Gasteiger partial charge in [0.15, 0.2) is 0 Å². The Morgan fingerprint density at radius 3 is 2.20 bits per heavy atom. The zero-order valence-electron chi connectivity index (χ0n) is 11.4. The minimum Gasteiger partial charge on any atom is -0.399 e. The lowest BCUT2D eigenvalue weighted by atomic mass is 10.2. The molecule has 0 atom stereocenters. The first-order valence-corrected chi connectivity index (χ1v) is 7.49. The van der Waals surface area contributed by atoms with Crippen LogP contribution in [0.5, 0.6) is 0 Å². The van der Waals surface area contributed by atoms with Gasteiger partial charge in [-0.05, 0) is 42.5 Å². The predicted molar refractivity (Wildman–Crippen MR) is 81.5 cm³/mol. The maximum atomic E-state index is 11.9. The Hall–Kier alpha value is -2.05. The highest BCUT2D eigenvalue weighted by molar-refractivity contribution is 7.89. The third-order valence-corrected chi connectivity index (χ3v) is 4.64. The van der Waals surface area contributed by atoms with E-state index in [0.29, 0.717) is 5.69 Å². The van der Waals surface area contributed by atoms with Crippen LogP contribution in [-0.4, -0.2) is 26.8 Å². The van der Waals surface area contributed by atoms with Crippen LogP contribution < -0.4 is 11.1 Å². The van der Waals surface area contributed by atoms with E-state index in [1.807, 2.05) is 18.2 Å². The third kappa shape index (κ3) is 3.09. The molecule has 2 aromatic rings. The quantitative estimate of drug-likeness (QED) is 0.847. The normalized spacial score (nSPS) is 11.6. The number of hydrogen-bond acceptors (Lipinski definition) is 4. The van der Waals surface area contributed by atoms with Gasteiger partial charge in [0.05, 0.1) is 4.90 Å². The molecule has 0 aliphatic heterocycles. The van der Waals surface area contributed by atoms with Gasteiger partial charge in [-0.15, -0.1) is 0 Å². The van der Waals surface area contributed by atoms with Crippen LogP contribution in [0.25, 0.3) is 0 Å². The molecular weight excluding hydrogens is 274 g/mol. The lowest BCUT2D eigenvalue weighted by Crippen LogP contribution is -2.22. The summed E-state index contributed by atoms with van der Waals surface area (Å²) in [6.07, 6.45) is 0. The molecule has 2 aromatic carbocycles. The number of rotatable bonds is 4. The van der Waals surface area contributed by atoms with Crippen molar-refractivity contribution < 1.29 is 8.42 Å². The molecule has 0 saturated heterocycles. The smallest absolute Gasteiger partial charge is 0.242 e. The van der Waals surface area contributed by atoms with E-state index < -0.39 is 10.0 Å². The van der Waals surface area contributed by atoms with E-state index in [0.717, 1.165) is 11.4 Å². The Morgan fingerprint density at radius 2 is 1.65 bits per heavy atom. The first-order valence-electron chi connectivity index (χ1n) is 6.05. The van der Waals surface area contributed by atoms with Gasteiger partial charge in [-0.25, -0.2) is 12.7 Å². The maximum absolute atomic E-state index is 11.9. The van der Waals surface area contributed by atoms with E-state index in [1.54, 1.807) is 30.3 Å². The number of anilines is 3. The maximum Gasteiger partial charge on any atom is 0.242 e. The summed E-state index contributed by atoms with van der Waals surface area (Å²) in [7, 11) is -0.371. The van der Waals surface area contributed by atoms with E-state index in [4.69, 9.17) is 5.73 Å². The molecule has 5 nitrogen and oxygen atoms in total. The SMILES string of the molecule is CN(C)S(=O)(=O)c1ccc(Nc2cccc(N)c2)cc1. The second kappa shape index (κ2) is 5.52. The second-order valence-corrected chi connectivity index (χ2v) is 6.71. The number of sulfonamides is 1. The molecule has 3 N–H and O–H groups in total. The molecule has 0 fully saturated rings. The lowest BCUT2D eigenvalue weighted by molar-refractivity contribution is 0.521. The molecule has 106 valence electrons. The minimum absolute atomic E-state index is 0.264. The zero-order valence-corrected chi connectivity index (χ0v) is 12.2. The first kappa shape index (κ1) is 14.4. The fourth-order valence-corrected chi connectivity index (χ4v) is 2.61. The average Bonchev–Trinajstić information content (AvgIpc) is 2.39. The van der Waals surface area contributed by atoms with Gasteiger partial charge in [-0.3, -0.25) is 0 Å². The molecule has 20 heavy (non-hydrogen) atoms. The predicted octanol–water partition coefficient (Wildman–Crippen LogP) is 2.26. The molecule has 0 saturated carbocycles. The van der Waals surface area contributed by atoms with Crippen LogP contribution in [0.4, 0.5) is 17.1 Å². The highest BCUT2D eigenvalue weighted by Gasteiger charge is 2.16. The van der Waals surface area contributed by atoms with Gasteiger partial charge >= 0.3 is 0 Å². The third-order valence-electron chi connectivity index (χ3n) is 2.81. The van der Waals surface area contributed by atoms with E-state index in [9.17, 15) is 8.42 Å². The van der Waals surface area contributed by atoms with Gasteiger partial charge < -0.3 is 11.1 Å². The summed E-state index contributed by atoms with van der Waals surface area (Å²) in [6, 6.07) is 13.9. The van der Waals surface area contributed by atoms with E-state index in [1.165, 1.54) is 18.4 Å². The molecule has 0 unspecified atom stereocenters. The molecule has 0 bridgehead atoms. The number of nitrogens with one attached hydrogen (secondary N) is 1. The summed E-state index contributed by atoms with van der Waals surface area (Å²) in [5.74, 6) is 0. The van der Waals surface area contributed by atoms with Crippen molar-refractivity contribution in [1.29, 1.82) is 0 Å². The Morgan fingerprint density at radius 1 is 1.00 bits per heavy atom. The molecule has 0 amide bonds. The molecule has 0 heterocycles. The van der Waals surface area contributed by atoms with Crippen molar-refractivity contribution in [2.75, 3.05) is 25.1 Å². The molecule has 6 heteroatoms. The number of nitrogen functional groups attached to an aromatic ring is 1. The number of nitrogens with zero attached hydrogens (tertiary/aromatic N) is 1. The van der Waals surface area contributed by atoms with Crippen molar-refractivity contribution >= 4 is 27.1 Å². The van der Waals surface area contributed by atoms with Gasteiger partial charge in [0.2, 0.25) is 10.0 Å². The van der Waals surface area contributed by atoms with Gasteiger partial charge in [0.25, 0.3) is 0 Å². The van der Waals surface area contributed by atoms with Crippen LogP contribution in [0.3, 0.4) is 0 Å². The van der Waals surface area contributed by atoms with Gasteiger partial charge in [-0.2, -0.15) is 0 Å². The van der Waals surface area contributed by atoms with Crippen molar-refractivity contribution in [3.05, 3.63) is 48.5 Å². The monoisotopic (exact) mass is 291 g/mol. The van der Waals surface area contributed by atoms with Crippen LogP contribution in [-0.2, 0) is 10.0 Å². The second-order valence-electron chi connectivity index (χ2n) is 4.56. The van der Waals surface area contributed by atoms with Gasteiger partial charge in [0, 0.05) is 31.2 Å². The van der Waals surface area contributed by atoms with Crippen molar-refractivity contribution in [3.8, 4) is 0 Å². The van der Waals surface area contributed by atoms with Crippen molar-refractivity contribution in [3.63, 3.8) is 0 Å². The van der Waals surface area contributed by atoms with Gasteiger partial charge in [0.1, 0.15) is 0 Å². The molecule has 2 rings (SSSR count).